The molecule has 0 aromatic carbocycles. The van der Waals surface area contributed by atoms with Crippen LogP contribution in [0, 0.1) is 0 Å². The summed E-state index contributed by atoms with van der Waals surface area (Å²) in [5, 5.41) is -4.40. The standard InChI is InChI=1S/C5Cl6F6O/c6-2(7,8)4(11,15)18-5(16,17)1(12,13)3(9,10)14. The Morgan fingerprint density at radius 2 is 1.00 bits per heavy atom. The molecular formula is C5Cl6F6O. The van der Waals surface area contributed by atoms with Crippen LogP contribution in [0.2, 0.25) is 0 Å². The Labute approximate surface area is 126 Å². The molecule has 18 heavy (non-hydrogen) atoms. The summed E-state index contributed by atoms with van der Waals surface area (Å²) in [4.78, 5) is 0. The van der Waals surface area contributed by atoms with Gasteiger partial charge in [0.1, 0.15) is 0 Å². The Morgan fingerprint density at radius 1 is 0.667 bits per heavy atom. The van der Waals surface area contributed by atoms with Gasteiger partial charge in [0.15, 0.2) is 0 Å². The summed E-state index contributed by atoms with van der Waals surface area (Å²) in [5.41, 5.74) is 0. The van der Waals surface area contributed by atoms with Gasteiger partial charge >= 0.3 is 21.9 Å². The van der Waals surface area contributed by atoms with Gasteiger partial charge in [-0.25, -0.2) is 4.39 Å². The molecule has 1 nitrogen and oxygen atoms in total. The zero-order valence-corrected chi connectivity index (χ0v) is 12.0. The van der Waals surface area contributed by atoms with Gasteiger partial charge in [-0.1, -0.05) is 58.0 Å². The van der Waals surface area contributed by atoms with Crippen LogP contribution in [-0.2, 0) is 4.74 Å². The lowest BCUT2D eigenvalue weighted by atomic mass is 10.3. The molecule has 110 valence electrons. The minimum absolute atomic E-state index is 2.79. The Balaban J connectivity index is 5.33. The van der Waals surface area contributed by atoms with E-state index in [1.807, 2.05) is 0 Å². The van der Waals surface area contributed by atoms with Gasteiger partial charge in [-0.15, -0.1) is 0 Å². The number of hydrogen-bond donors (Lipinski definition) is 0. The molecule has 0 N–H and O–H groups in total. The van der Waals surface area contributed by atoms with Crippen LogP contribution in [0.3, 0.4) is 0 Å². The first-order chi connectivity index (χ1) is 7.46. The van der Waals surface area contributed by atoms with Crippen molar-refractivity contribution in [2.45, 2.75) is 25.7 Å². The first-order valence-electron chi connectivity index (χ1n) is 3.43. The molecule has 0 heterocycles. The Hall–Kier alpha value is 1.28. The molecule has 0 spiro atoms. The SMILES string of the molecule is FC(Cl)(Cl)C(F)(F)C(F)(F)OC(F)(Cl)C(Cl)(Cl)Cl. The van der Waals surface area contributed by atoms with Gasteiger partial charge < -0.3 is 0 Å². The highest BCUT2D eigenvalue weighted by Crippen LogP contribution is 2.54. The van der Waals surface area contributed by atoms with Crippen molar-refractivity contribution in [1.29, 1.82) is 0 Å². The maximum Gasteiger partial charge on any atom is 0.429 e. The second-order valence-corrected chi connectivity index (χ2v) is 6.71. The summed E-state index contributed by atoms with van der Waals surface area (Å²) in [6, 6.07) is 0. The minimum Gasteiger partial charge on any atom is -0.261 e. The van der Waals surface area contributed by atoms with Crippen LogP contribution in [0.1, 0.15) is 0 Å². The lowest BCUT2D eigenvalue weighted by Crippen LogP contribution is -2.56. The molecule has 0 fully saturated rings. The Morgan fingerprint density at radius 3 is 1.22 bits per heavy atom. The maximum atomic E-state index is 13.1. The highest BCUT2D eigenvalue weighted by molar-refractivity contribution is 6.70. The van der Waals surface area contributed by atoms with Crippen molar-refractivity contribution in [2.24, 2.45) is 0 Å². The lowest BCUT2D eigenvalue weighted by molar-refractivity contribution is -0.393. The molecule has 0 bridgehead atoms. The average Bonchev–Trinajstić information content (AvgIpc) is 1.96. The van der Waals surface area contributed by atoms with E-state index in [0.717, 1.165) is 0 Å². The Bertz CT molecular complexity index is 309. The van der Waals surface area contributed by atoms with Gasteiger partial charge in [-0.05, 0) is 11.6 Å². The molecule has 0 saturated heterocycles. The first kappa shape index (κ1) is 19.3. The molecule has 0 amide bonds. The fourth-order valence-electron chi connectivity index (χ4n) is 0.448. The minimum atomic E-state index is -5.91. The lowest BCUT2D eigenvalue weighted by Gasteiger charge is -2.34. The molecule has 13 heteroatoms. The van der Waals surface area contributed by atoms with E-state index in [4.69, 9.17) is 34.8 Å². The van der Waals surface area contributed by atoms with Crippen LogP contribution < -0.4 is 0 Å². The van der Waals surface area contributed by atoms with E-state index in [1.165, 1.54) is 0 Å². The number of alkyl halides is 12. The van der Waals surface area contributed by atoms with Gasteiger partial charge in [0.2, 0.25) is 0 Å². The van der Waals surface area contributed by atoms with E-state index < -0.39 is 25.7 Å². The second kappa shape index (κ2) is 5.24. The fourth-order valence-corrected chi connectivity index (χ4v) is 0.881. The molecule has 0 aliphatic carbocycles. The Kier molecular flexibility index (Phi) is 5.61. The van der Waals surface area contributed by atoms with E-state index in [2.05, 4.69) is 39.5 Å². The van der Waals surface area contributed by atoms with Crippen LogP contribution in [0.4, 0.5) is 26.3 Å². The predicted octanol–water partition coefficient (Wildman–Crippen LogP) is 5.56. The summed E-state index contributed by atoms with van der Waals surface area (Å²) in [6.45, 7) is 0. The quantitative estimate of drug-likeness (QED) is 0.441. The smallest absolute Gasteiger partial charge is 0.261 e. The predicted molar refractivity (Wildman–Crippen MR) is 56.5 cm³/mol. The van der Waals surface area contributed by atoms with Gasteiger partial charge in [-0.2, -0.15) is 22.0 Å². The van der Waals surface area contributed by atoms with Crippen molar-refractivity contribution in [3.63, 3.8) is 0 Å². The largest absolute Gasteiger partial charge is 0.429 e. The summed E-state index contributed by atoms with van der Waals surface area (Å²) < 4.78 is 71.4. The highest BCUT2D eigenvalue weighted by Gasteiger charge is 2.74. The third-order valence-corrected chi connectivity index (χ3v) is 3.16. The molecule has 1 atom stereocenters. The summed E-state index contributed by atoms with van der Waals surface area (Å²) >= 11 is 27.2. The van der Waals surface area contributed by atoms with Crippen LogP contribution in [0.15, 0.2) is 0 Å². The monoisotopic (exact) mass is 400 g/mol. The van der Waals surface area contributed by atoms with E-state index in [9.17, 15) is 26.3 Å². The van der Waals surface area contributed by atoms with Gasteiger partial charge in [0.25, 0.3) is 3.79 Å². The average molecular weight is 403 g/mol. The van der Waals surface area contributed by atoms with Crippen molar-refractivity contribution in [3.8, 4) is 0 Å². The molecule has 0 aliphatic heterocycles. The van der Waals surface area contributed by atoms with Gasteiger partial charge in [0.05, 0.1) is 0 Å². The highest BCUT2D eigenvalue weighted by atomic mass is 35.6. The maximum absolute atomic E-state index is 13.1. The number of hydrogen-bond acceptors (Lipinski definition) is 1. The zero-order chi connectivity index (χ0) is 15.2. The third-order valence-electron chi connectivity index (χ3n) is 1.31. The number of ether oxygens (including phenoxy) is 1. The second-order valence-electron chi connectivity index (χ2n) is 2.71. The van der Waals surface area contributed by atoms with E-state index >= 15 is 0 Å². The summed E-state index contributed by atoms with van der Waals surface area (Å²) in [6.07, 6.45) is -5.91. The molecule has 0 saturated carbocycles. The molecule has 0 aromatic rings. The molecule has 0 rings (SSSR count). The van der Waals surface area contributed by atoms with Gasteiger partial charge in [0, 0.05) is 0 Å². The van der Waals surface area contributed by atoms with E-state index in [-0.39, 0.29) is 0 Å². The molecule has 0 aliphatic rings. The van der Waals surface area contributed by atoms with Crippen LogP contribution in [0.25, 0.3) is 0 Å². The van der Waals surface area contributed by atoms with Crippen molar-refractivity contribution in [1.82, 2.24) is 0 Å². The summed E-state index contributed by atoms with van der Waals surface area (Å²) in [5.74, 6) is -5.88. The van der Waals surface area contributed by atoms with Crippen LogP contribution in [-0.4, -0.2) is 25.7 Å². The zero-order valence-electron chi connectivity index (χ0n) is 7.44. The molecular weight excluding hydrogens is 403 g/mol. The van der Waals surface area contributed by atoms with Crippen molar-refractivity contribution in [3.05, 3.63) is 0 Å². The number of rotatable bonds is 4. The summed E-state index contributed by atoms with van der Waals surface area (Å²) in [7, 11) is 0. The van der Waals surface area contributed by atoms with Crippen molar-refractivity contribution in [2.75, 3.05) is 0 Å². The molecule has 0 aromatic heterocycles. The van der Waals surface area contributed by atoms with E-state index in [1.54, 1.807) is 0 Å². The van der Waals surface area contributed by atoms with E-state index in [0.29, 0.717) is 0 Å². The third kappa shape index (κ3) is 3.90. The molecule has 0 radical (unpaired) electrons. The van der Waals surface area contributed by atoms with Crippen LogP contribution in [0.5, 0.6) is 0 Å². The van der Waals surface area contributed by atoms with Crippen LogP contribution >= 0.6 is 69.6 Å². The normalized spacial score (nSPS) is 18.7. The first-order valence-corrected chi connectivity index (χ1v) is 5.69. The van der Waals surface area contributed by atoms with Gasteiger partial charge in [-0.3, -0.25) is 4.74 Å². The van der Waals surface area contributed by atoms with Crippen molar-refractivity contribution < 1.29 is 31.1 Å². The number of halogens is 12. The molecule has 1 unspecified atom stereocenters. The van der Waals surface area contributed by atoms with Crippen molar-refractivity contribution >= 4 is 69.6 Å². The fraction of sp³-hybridized carbons (Fsp3) is 1.00. The topological polar surface area (TPSA) is 9.23 Å².